The van der Waals surface area contributed by atoms with E-state index in [1.165, 1.54) is 4.68 Å². The molecule has 0 aliphatic heterocycles. The first-order valence-corrected chi connectivity index (χ1v) is 10.8. The number of nitrogens with zero attached hydrogens (tertiary/aromatic N) is 2. The predicted molar refractivity (Wildman–Crippen MR) is 129 cm³/mol. The van der Waals surface area contributed by atoms with Crippen LogP contribution in [0, 0.1) is 0 Å². The van der Waals surface area contributed by atoms with Crippen molar-refractivity contribution in [1.82, 2.24) is 9.78 Å². The zero-order valence-corrected chi connectivity index (χ0v) is 18.7. The predicted octanol–water partition coefficient (Wildman–Crippen LogP) is 5.06. The van der Waals surface area contributed by atoms with Gasteiger partial charge in [0.15, 0.2) is 0 Å². The summed E-state index contributed by atoms with van der Waals surface area (Å²) in [5, 5.41) is 4.74. The molecule has 4 rings (SSSR count). The van der Waals surface area contributed by atoms with Crippen LogP contribution in [0.3, 0.4) is 0 Å². The standard InChI is InChI=1S/C27H26N2O4/c1-31-22-13-9-20(10-14-22)25-19-26(30)29(17-6-18-33-24-7-4-3-5-8-24)28-27(25)21-11-15-23(32-2)16-12-21/h3-5,7-16,19H,6,17-18H2,1-2H3. The minimum atomic E-state index is -0.155. The smallest absolute Gasteiger partial charge is 0.267 e. The number of aromatic nitrogens is 2. The Bertz CT molecular complexity index is 1230. The summed E-state index contributed by atoms with van der Waals surface area (Å²) in [6.45, 7) is 0.952. The lowest BCUT2D eigenvalue weighted by molar-refractivity contribution is 0.297. The van der Waals surface area contributed by atoms with Gasteiger partial charge in [-0.05, 0) is 54.1 Å². The first kappa shape index (κ1) is 22.1. The van der Waals surface area contributed by atoms with Gasteiger partial charge in [0.05, 0.1) is 26.5 Å². The first-order valence-electron chi connectivity index (χ1n) is 10.8. The Morgan fingerprint density at radius 1 is 0.758 bits per heavy atom. The summed E-state index contributed by atoms with van der Waals surface area (Å²) in [6, 6.07) is 26.6. The Labute approximate surface area is 193 Å². The van der Waals surface area contributed by atoms with E-state index in [0.717, 1.165) is 39.6 Å². The van der Waals surface area contributed by atoms with Crippen LogP contribution in [0.15, 0.2) is 89.7 Å². The molecule has 4 aromatic rings. The van der Waals surface area contributed by atoms with Gasteiger partial charge < -0.3 is 14.2 Å². The molecule has 0 saturated heterocycles. The third-order valence-corrected chi connectivity index (χ3v) is 5.29. The van der Waals surface area contributed by atoms with Crippen molar-refractivity contribution in [2.24, 2.45) is 0 Å². The van der Waals surface area contributed by atoms with Crippen LogP contribution in [0.4, 0.5) is 0 Å². The Morgan fingerprint density at radius 3 is 1.97 bits per heavy atom. The lowest BCUT2D eigenvalue weighted by atomic mass is 10.00. The number of methoxy groups -OCH3 is 2. The highest BCUT2D eigenvalue weighted by molar-refractivity contribution is 5.80. The maximum Gasteiger partial charge on any atom is 0.267 e. The van der Waals surface area contributed by atoms with E-state index in [1.54, 1.807) is 20.3 Å². The highest BCUT2D eigenvalue weighted by Crippen LogP contribution is 2.31. The average Bonchev–Trinajstić information content (AvgIpc) is 2.88. The maximum atomic E-state index is 12.9. The quantitative estimate of drug-likeness (QED) is 0.339. The molecule has 1 heterocycles. The summed E-state index contributed by atoms with van der Waals surface area (Å²) in [6.07, 6.45) is 0.658. The summed E-state index contributed by atoms with van der Waals surface area (Å²) in [5.41, 5.74) is 3.13. The average molecular weight is 443 g/mol. The van der Waals surface area contributed by atoms with Crippen molar-refractivity contribution >= 4 is 0 Å². The zero-order chi connectivity index (χ0) is 23.0. The van der Waals surface area contributed by atoms with E-state index in [-0.39, 0.29) is 5.56 Å². The molecule has 0 spiro atoms. The molecule has 0 aliphatic carbocycles. The molecule has 0 aliphatic rings. The van der Waals surface area contributed by atoms with Crippen LogP contribution in [-0.2, 0) is 6.54 Å². The van der Waals surface area contributed by atoms with Crippen LogP contribution >= 0.6 is 0 Å². The van der Waals surface area contributed by atoms with Crippen LogP contribution < -0.4 is 19.8 Å². The monoisotopic (exact) mass is 442 g/mol. The molecule has 6 heteroatoms. The summed E-state index contributed by atoms with van der Waals surface area (Å²) in [7, 11) is 3.26. The summed E-state index contributed by atoms with van der Waals surface area (Å²) in [5.74, 6) is 2.33. The molecule has 0 unspecified atom stereocenters. The van der Waals surface area contributed by atoms with Crippen molar-refractivity contribution in [3.05, 3.63) is 95.3 Å². The number of benzene rings is 3. The Morgan fingerprint density at radius 2 is 1.36 bits per heavy atom. The molecule has 0 saturated carbocycles. The highest BCUT2D eigenvalue weighted by Gasteiger charge is 2.14. The SMILES string of the molecule is COc1ccc(-c2cc(=O)n(CCCOc3ccccc3)nc2-c2ccc(OC)cc2)cc1. The topological polar surface area (TPSA) is 62.6 Å². The molecule has 0 atom stereocenters. The molecule has 0 N–H and O–H groups in total. The van der Waals surface area contributed by atoms with Gasteiger partial charge in [0.2, 0.25) is 0 Å². The lowest BCUT2D eigenvalue weighted by Gasteiger charge is -2.14. The third kappa shape index (κ3) is 5.41. The van der Waals surface area contributed by atoms with E-state index in [0.29, 0.717) is 19.6 Å². The van der Waals surface area contributed by atoms with Crippen molar-refractivity contribution in [2.45, 2.75) is 13.0 Å². The second-order valence-electron chi connectivity index (χ2n) is 7.44. The minimum Gasteiger partial charge on any atom is -0.497 e. The molecule has 1 aromatic heterocycles. The minimum absolute atomic E-state index is 0.155. The highest BCUT2D eigenvalue weighted by atomic mass is 16.5. The van der Waals surface area contributed by atoms with E-state index in [9.17, 15) is 4.79 Å². The molecular weight excluding hydrogens is 416 g/mol. The van der Waals surface area contributed by atoms with Gasteiger partial charge in [-0.1, -0.05) is 30.3 Å². The van der Waals surface area contributed by atoms with Crippen LogP contribution in [0.5, 0.6) is 17.2 Å². The second-order valence-corrected chi connectivity index (χ2v) is 7.44. The van der Waals surface area contributed by atoms with Crippen molar-refractivity contribution < 1.29 is 14.2 Å². The van der Waals surface area contributed by atoms with Crippen LogP contribution in [0.2, 0.25) is 0 Å². The Balaban J connectivity index is 1.63. The summed E-state index contributed by atoms with van der Waals surface area (Å²) in [4.78, 5) is 12.9. The van der Waals surface area contributed by atoms with Crippen LogP contribution in [-0.4, -0.2) is 30.6 Å². The van der Waals surface area contributed by atoms with Gasteiger partial charge >= 0.3 is 0 Å². The lowest BCUT2D eigenvalue weighted by Crippen LogP contribution is -2.24. The number of ether oxygens (including phenoxy) is 3. The van der Waals surface area contributed by atoms with Crippen molar-refractivity contribution in [2.75, 3.05) is 20.8 Å². The van der Waals surface area contributed by atoms with E-state index in [4.69, 9.17) is 19.3 Å². The van der Waals surface area contributed by atoms with Gasteiger partial charge in [0.25, 0.3) is 5.56 Å². The van der Waals surface area contributed by atoms with Crippen molar-refractivity contribution in [1.29, 1.82) is 0 Å². The van der Waals surface area contributed by atoms with E-state index < -0.39 is 0 Å². The maximum absolute atomic E-state index is 12.9. The van der Waals surface area contributed by atoms with Crippen LogP contribution in [0.25, 0.3) is 22.4 Å². The summed E-state index contributed by atoms with van der Waals surface area (Å²) < 4.78 is 17.8. The van der Waals surface area contributed by atoms with E-state index in [1.807, 2.05) is 78.9 Å². The van der Waals surface area contributed by atoms with Gasteiger partial charge in [-0.25, -0.2) is 4.68 Å². The fraction of sp³-hybridized carbons (Fsp3) is 0.185. The molecule has 0 radical (unpaired) electrons. The van der Waals surface area contributed by atoms with Gasteiger partial charge in [0.1, 0.15) is 17.2 Å². The fourth-order valence-corrected chi connectivity index (χ4v) is 3.52. The molecule has 0 bridgehead atoms. The van der Waals surface area contributed by atoms with Gasteiger partial charge in [-0.15, -0.1) is 0 Å². The number of rotatable bonds is 9. The summed E-state index contributed by atoms with van der Waals surface area (Å²) >= 11 is 0. The Hall–Kier alpha value is -4.06. The van der Waals surface area contributed by atoms with Crippen molar-refractivity contribution in [3.8, 4) is 39.6 Å². The number of hydrogen-bond acceptors (Lipinski definition) is 5. The Kier molecular flexibility index (Phi) is 7.05. The zero-order valence-electron chi connectivity index (χ0n) is 18.7. The van der Waals surface area contributed by atoms with Gasteiger partial charge in [-0.2, -0.15) is 5.10 Å². The molecule has 0 amide bonds. The number of para-hydroxylation sites is 1. The van der Waals surface area contributed by atoms with Gasteiger partial charge in [-0.3, -0.25) is 4.79 Å². The fourth-order valence-electron chi connectivity index (χ4n) is 3.52. The molecule has 6 nitrogen and oxygen atoms in total. The third-order valence-electron chi connectivity index (χ3n) is 5.29. The molecule has 0 fully saturated rings. The number of aryl methyl sites for hydroxylation is 1. The largest absolute Gasteiger partial charge is 0.497 e. The van der Waals surface area contributed by atoms with Gasteiger partial charge in [0, 0.05) is 30.2 Å². The molecule has 168 valence electrons. The molecule has 33 heavy (non-hydrogen) atoms. The number of hydrogen-bond donors (Lipinski definition) is 0. The molecule has 3 aromatic carbocycles. The molecular formula is C27H26N2O4. The normalized spacial score (nSPS) is 10.6. The van der Waals surface area contributed by atoms with Crippen molar-refractivity contribution in [3.63, 3.8) is 0 Å². The van der Waals surface area contributed by atoms with Crippen LogP contribution in [0.1, 0.15) is 6.42 Å². The van der Waals surface area contributed by atoms with E-state index >= 15 is 0 Å². The second kappa shape index (κ2) is 10.5. The van der Waals surface area contributed by atoms with E-state index in [2.05, 4.69) is 0 Å². The first-order chi connectivity index (χ1) is 16.2.